The average molecular weight is 694 g/mol. The van der Waals surface area contributed by atoms with Crippen LogP contribution < -0.4 is 10.0 Å². The maximum Gasteiger partial charge on any atom is 0.322 e. The minimum Gasteiger partial charge on any atom is -0.480 e. The van der Waals surface area contributed by atoms with E-state index in [2.05, 4.69) is 10.0 Å². The number of hydrogen-bond acceptors (Lipinski definition) is 6. The minimum atomic E-state index is -4.09. The SMILES string of the molecule is Cc1ccc(S(=O)(=O)N(CC(C)C)[C@@H](CCCCNC(=O)[C@H](Cc2ccccc2)NS(=O)(=O)c2ccc3ccccc3c2)C(=O)O)cc1. The summed E-state index contributed by atoms with van der Waals surface area (Å²) in [5.74, 6) is -1.89. The van der Waals surface area contributed by atoms with E-state index in [1.165, 1.54) is 18.2 Å². The number of unbranched alkanes of at least 4 members (excludes halogenated alkanes) is 1. The molecule has 2 atom stereocenters. The van der Waals surface area contributed by atoms with Crippen molar-refractivity contribution >= 4 is 42.7 Å². The second-order valence-electron chi connectivity index (χ2n) is 12.3. The van der Waals surface area contributed by atoms with Crippen molar-refractivity contribution in [3.05, 3.63) is 108 Å². The highest BCUT2D eigenvalue weighted by molar-refractivity contribution is 7.89. The molecule has 0 aromatic heterocycles. The fourth-order valence-electron chi connectivity index (χ4n) is 5.41. The van der Waals surface area contributed by atoms with Crippen LogP contribution in [0.4, 0.5) is 0 Å². The molecule has 256 valence electrons. The number of benzene rings is 4. The molecule has 4 aromatic carbocycles. The molecule has 0 heterocycles. The summed E-state index contributed by atoms with van der Waals surface area (Å²) in [6.07, 6.45) is 0.805. The molecule has 12 heteroatoms. The van der Waals surface area contributed by atoms with E-state index in [9.17, 15) is 31.5 Å². The predicted octanol–water partition coefficient (Wildman–Crippen LogP) is 5.12. The van der Waals surface area contributed by atoms with Gasteiger partial charge in [-0.3, -0.25) is 9.59 Å². The van der Waals surface area contributed by atoms with Crippen molar-refractivity contribution in [2.24, 2.45) is 5.92 Å². The van der Waals surface area contributed by atoms with Gasteiger partial charge in [0.2, 0.25) is 26.0 Å². The molecule has 0 aliphatic rings. The Morgan fingerprint density at radius 1 is 0.792 bits per heavy atom. The van der Waals surface area contributed by atoms with Crippen LogP contribution in [-0.4, -0.2) is 63.3 Å². The molecule has 0 spiro atoms. The van der Waals surface area contributed by atoms with E-state index >= 15 is 0 Å². The van der Waals surface area contributed by atoms with Gasteiger partial charge in [-0.05, 0) is 79.1 Å². The zero-order valence-electron chi connectivity index (χ0n) is 27.4. The molecule has 10 nitrogen and oxygen atoms in total. The lowest BCUT2D eigenvalue weighted by Gasteiger charge is -2.29. The molecule has 0 saturated carbocycles. The summed E-state index contributed by atoms with van der Waals surface area (Å²) in [5, 5.41) is 14.5. The maximum absolute atomic E-state index is 13.6. The first-order valence-corrected chi connectivity index (χ1v) is 18.8. The highest BCUT2D eigenvalue weighted by atomic mass is 32.2. The van der Waals surface area contributed by atoms with E-state index in [-0.39, 0.29) is 41.6 Å². The van der Waals surface area contributed by atoms with Crippen molar-refractivity contribution in [3.8, 4) is 0 Å². The van der Waals surface area contributed by atoms with Crippen LogP contribution in [0.15, 0.2) is 107 Å². The van der Waals surface area contributed by atoms with Gasteiger partial charge in [-0.15, -0.1) is 0 Å². The zero-order valence-corrected chi connectivity index (χ0v) is 29.0. The van der Waals surface area contributed by atoms with Crippen LogP contribution in [0.1, 0.15) is 44.2 Å². The molecule has 0 aliphatic heterocycles. The number of rotatable bonds is 17. The van der Waals surface area contributed by atoms with Crippen LogP contribution in [0.2, 0.25) is 0 Å². The van der Waals surface area contributed by atoms with Crippen LogP contribution in [0.25, 0.3) is 10.8 Å². The van der Waals surface area contributed by atoms with Crippen LogP contribution in [0.3, 0.4) is 0 Å². The van der Waals surface area contributed by atoms with E-state index in [0.29, 0.717) is 12.8 Å². The number of amides is 1. The van der Waals surface area contributed by atoms with Gasteiger partial charge in [-0.2, -0.15) is 9.03 Å². The van der Waals surface area contributed by atoms with Crippen molar-refractivity contribution in [1.29, 1.82) is 0 Å². The monoisotopic (exact) mass is 693 g/mol. The number of carbonyl (C=O) groups excluding carboxylic acids is 1. The number of aryl methyl sites for hydroxylation is 1. The molecule has 1 amide bonds. The van der Waals surface area contributed by atoms with Crippen molar-refractivity contribution < 1.29 is 31.5 Å². The summed E-state index contributed by atoms with van der Waals surface area (Å²) < 4.78 is 57.6. The number of nitrogens with zero attached hydrogens (tertiary/aromatic N) is 1. The maximum atomic E-state index is 13.6. The van der Waals surface area contributed by atoms with Crippen molar-refractivity contribution in [2.75, 3.05) is 13.1 Å². The topological polar surface area (TPSA) is 150 Å². The Labute approximate surface area is 283 Å². The van der Waals surface area contributed by atoms with Crippen LogP contribution in [0, 0.1) is 12.8 Å². The van der Waals surface area contributed by atoms with E-state index in [1.54, 1.807) is 24.3 Å². The number of aliphatic carboxylic acids is 1. The molecule has 4 rings (SSSR count). The summed E-state index contributed by atoms with van der Waals surface area (Å²) >= 11 is 0. The minimum absolute atomic E-state index is 0.0302. The second-order valence-corrected chi connectivity index (χ2v) is 15.9. The number of carbonyl (C=O) groups is 2. The van der Waals surface area contributed by atoms with Gasteiger partial charge in [0.1, 0.15) is 12.1 Å². The average Bonchev–Trinajstić information content (AvgIpc) is 3.05. The third-order valence-electron chi connectivity index (χ3n) is 7.94. The Morgan fingerprint density at radius 3 is 2.06 bits per heavy atom. The van der Waals surface area contributed by atoms with E-state index in [1.807, 2.05) is 75.4 Å². The first-order chi connectivity index (χ1) is 22.8. The predicted molar refractivity (Wildman–Crippen MR) is 186 cm³/mol. The Hall–Kier alpha value is -4.10. The lowest BCUT2D eigenvalue weighted by molar-refractivity contribution is -0.142. The fourth-order valence-corrected chi connectivity index (χ4v) is 8.42. The number of fused-ring (bicyclic) bond motifs is 1. The molecule has 3 N–H and O–H groups in total. The standard InChI is InChI=1S/C36H43N3O7S2/c1-26(2)25-39(48(45,46)31-19-16-27(3)17-20-31)34(36(41)42)15-9-10-22-37-35(40)33(23-28-11-5-4-6-12-28)38-47(43,44)32-21-18-29-13-7-8-14-30(29)24-32/h4-8,11-14,16-21,24,26,33-34,38H,9-10,15,22-23,25H2,1-3H3,(H,37,40)(H,41,42)/t33-,34-/m0/s1. The molecule has 0 aliphatic carbocycles. The Balaban J connectivity index is 1.43. The first kappa shape index (κ1) is 36.7. The summed E-state index contributed by atoms with van der Waals surface area (Å²) in [6.45, 7) is 5.66. The van der Waals surface area contributed by atoms with Gasteiger partial charge in [-0.25, -0.2) is 16.8 Å². The van der Waals surface area contributed by atoms with Crippen LogP contribution in [0.5, 0.6) is 0 Å². The van der Waals surface area contributed by atoms with E-state index in [4.69, 9.17) is 0 Å². The smallest absolute Gasteiger partial charge is 0.322 e. The molecule has 0 fully saturated rings. The van der Waals surface area contributed by atoms with Gasteiger partial charge in [-0.1, -0.05) is 92.2 Å². The fraction of sp³-hybridized carbons (Fsp3) is 0.333. The number of nitrogens with one attached hydrogen (secondary N) is 2. The summed E-state index contributed by atoms with van der Waals surface area (Å²) in [7, 11) is -8.16. The lowest BCUT2D eigenvalue weighted by atomic mass is 10.1. The summed E-state index contributed by atoms with van der Waals surface area (Å²) in [6, 6.07) is 25.1. The molecule has 0 saturated heterocycles. The molecular formula is C36H43N3O7S2. The second kappa shape index (κ2) is 16.3. The number of carboxylic acids is 1. The van der Waals surface area contributed by atoms with Gasteiger partial charge >= 0.3 is 5.97 Å². The number of hydrogen-bond donors (Lipinski definition) is 3. The molecule has 0 radical (unpaired) electrons. The summed E-state index contributed by atoms with van der Waals surface area (Å²) in [4.78, 5) is 25.8. The largest absolute Gasteiger partial charge is 0.480 e. The Bertz CT molecular complexity index is 1910. The van der Waals surface area contributed by atoms with Gasteiger partial charge < -0.3 is 10.4 Å². The molecular weight excluding hydrogens is 651 g/mol. The van der Waals surface area contributed by atoms with Crippen molar-refractivity contribution in [1.82, 2.24) is 14.3 Å². The highest BCUT2D eigenvalue weighted by Gasteiger charge is 2.36. The van der Waals surface area contributed by atoms with Gasteiger partial charge in [0, 0.05) is 13.1 Å². The zero-order chi connectivity index (χ0) is 34.9. The molecule has 0 bridgehead atoms. The van der Waals surface area contributed by atoms with Gasteiger partial charge in [0.15, 0.2) is 0 Å². The number of carboxylic acid groups (broad SMARTS) is 1. The van der Waals surface area contributed by atoms with E-state index in [0.717, 1.165) is 26.2 Å². The van der Waals surface area contributed by atoms with Crippen LogP contribution in [-0.2, 0) is 36.1 Å². The van der Waals surface area contributed by atoms with Crippen molar-refractivity contribution in [2.45, 2.75) is 68.3 Å². The molecule has 4 aromatic rings. The molecule has 48 heavy (non-hydrogen) atoms. The van der Waals surface area contributed by atoms with Gasteiger partial charge in [0.25, 0.3) is 0 Å². The van der Waals surface area contributed by atoms with Crippen molar-refractivity contribution in [3.63, 3.8) is 0 Å². The molecule has 0 unspecified atom stereocenters. The Kier molecular flexibility index (Phi) is 12.5. The quantitative estimate of drug-likeness (QED) is 0.130. The number of sulfonamides is 2. The third kappa shape index (κ3) is 9.72. The third-order valence-corrected chi connectivity index (χ3v) is 11.3. The van der Waals surface area contributed by atoms with Crippen LogP contribution >= 0.6 is 0 Å². The Morgan fingerprint density at radius 2 is 1.42 bits per heavy atom. The lowest BCUT2D eigenvalue weighted by Crippen LogP contribution is -2.48. The van der Waals surface area contributed by atoms with Gasteiger partial charge in [0.05, 0.1) is 9.79 Å². The normalized spacial score (nSPS) is 13.4. The summed E-state index contributed by atoms with van der Waals surface area (Å²) in [5.41, 5.74) is 1.65. The highest BCUT2D eigenvalue weighted by Crippen LogP contribution is 2.24. The van der Waals surface area contributed by atoms with E-state index < -0.39 is 44.0 Å². The first-order valence-electron chi connectivity index (χ1n) is 15.9.